The minimum absolute atomic E-state index is 0.109. The second kappa shape index (κ2) is 6.07. The zero-order valence-electron chi connectivity index (χ0n) is 13.9. The molecule has 1 saturated carbocycles. The van der Waals surface area contributed by atoms with Gasteiger partial charge in [0.05, 0.1) is 12.5 Å². The first-order valence-electron chi connectivity index (χ1n) is 7.96. The van der Waals surface area contributed by atoms with Crippen molar-refractivity contribution in [2.75, 3.05) is 13.7 Å². The van der Waals surface area contributed by atoms with Crippen LogP contribution < -0.4 is 10.1 Å². The second-order valence-corrected chi connectivity index (χ2v) is 6.23. The number of hydrogen-bond donors (Lipinski definition) is 1. The lowest BCUT2D eigenvalue weighted by Gasteiger charge is -2.17. The minimum Gasteiger partial charge on any atom is -0.496 e. The zero-order valence-corrected chi connectivity index (χ0v) is 13.9. The molecule has 1 N–H and O–H groups in total. The molecule has 1 aromatic heterocycles. The summed E-state index contributed by atoms with van der Waals surface area (Å²) in [5.74, 6) is 1.93. The first kappa shape index (κ1) is 15.6. The number of amides is 1. The van der Waals surface area contributed by atoms with E-state index in [4.69, 9.17) is 4.74 Å². The Morgan fingerprint density at radius 3 is 2.83 bits per heavy atom. The van der Waals surface area contributed by atoms with Crippen molar-refractivity contribution >= 4 is 5.91 Å². The minimum atomic E-state index is -0.372. The largest absolute Gasteiger partial charge is 0.496 e. The molecule has 122 valence electrons. The topological polar surface area (TPSA) is 56.1 Å². The van der Waals surface area contributed by atoms with Gasteiger partial charge < -0.3 is 14.6 Å². The van der Waals surface area contributed by atoms with E-state index < -0.39 is 0 Å². The van der Waals surface area contributed by atoms with Gasteiger partial charge in [-0.3, -0.25) is 4.79 Å². The van der Waals surface area contributed by atoms with Crippen molar-refractivity contribution in [1.82, 2.24) is 14.9 Å². The second-order valence-electron chi connectivity index (χ2n) is 6.23. The van der Waals surface area contributed by atoms with Crippen molar-refractivity contribution in [3.8, 4) is 5.75 Å². The van der Waals surface area contributed by atoms with E-state index in [1.807, 2.05) is 42.9 Å². The smallest absolute Gasteiger partial charge is 0.230 e. The van der Waals surface area contributed by atoms with Gasteiger partial charge in [-0.1, -0.05) is 12.1 Å². The molecule has 0 unspecified atom stereocenters. The van der Waals surface area contributed by atoms with Crippen LogP contribution in [-0.4, -0.2) is 29.1 Å². The average Bonchev–Trinajstić information content (AvgIpc) is 3.26. The normalized spacial score (nSPS) is 15.3. The Morgan fingerprint density at radius 1 is 1.43 bits per heavy atom. The SMILES string of the molecule is COc1cc(C2(C(=O)NCCc3nccn3C)CC2)ccc1C. The molecule has 1 aliphatic rings. The molecule has 0 atom stereocenters. The average molecular weight is 313 g/mol. The monoisotopic (exact) mass is 313 g/mol. The molecule has 1 fully saturated rings. The molecule has 0 spiro atoms. The number of carbonyl (C=O) groups is 1. The van der Waals surface area contributed by atoms with Crippen LogP contribution in [0.4, 0.5) is 0 Å². The van der Waals surface area contributed by atoms with Crippen LogP contribution in [0, 0.1) is 6.92 Å². The molecule has 0 bridgehead atoms. The highest BCUT2D eigenvalue weighted by molar-refractivity contribution is 5.91. The van der Waals surface area contributed by atoms with Gasteiger partial charge in [0.2, 0.25) is 5.91 Å². The highest BCUT2D eigenvalue weighted by atomic mass is 16.5. The maximum absolute atomic E-state index is 12.6. The molecule has 0 aliphatic heterocycles. The molecule has 1 heterocycles. The number of aromatic nitrogens is 2. The van der Waals surface area contributed by atoms with Crippen molar-refractivity contribution in [3.05, 3.63) is 47.5 Å². The highest BCUT2D eigenvalue weighted by Crippen LogP contribution is 2.49. The van der Waals surface area contributed by atoms with Gasteiger partial charge in [-0.2, -0.15) is 0 Å². The van der Waals surface area contributed by atoms with E-state index >= 15 is 0 Å². The number of aryl methyl sites for hydroxylation is 2. The lowest BCUT2D eigenvalue weighted by molar-refractivity contribution is -0.123. The third kappa shape index (κ3) is 2.96. The predicted molar refractivity (Wildman–Crippen MR) is 88.6 cm³/mol. The van der Waals surface area contributed by atoms with Crippen LogP contribution in [0.3, 0.4) is 0 Å². The molecule has 2 aromatic rings. The quantitative estimate of drug-likeness (QED) is 0.889. The first-order chi connectivity index (χ1) is 11.1. The summed E-state index contributed by atoms with van der Waals surface area (Å²) < 4.78 is 7.36. The van der Waals surface area contributed by atoms with Crippen LogP contribution in [0.15, 0.2) is 30.6 Å². The number of ether oxygens (including phenoxy) is 1. The van der Waals surface area contributed by atoms with Crippen molar-refractivity contribution in [3.63, 3.8) is 0 Å². The number of imidazole rings is 1. The third-order valence-electron chi connectivity index (χ3n) is 4.70. The lowest BCUT2D eigenvalue weighted by Crippen LogP contribution is -2.36. The van der Waals surface area contributed by atoms with Crippen LogP contribution in [0.1, 0.15) is 29.8 Å². The van der Waals surface area contributed by atoms with E-state index in [1.54, 1.807) is 13.3 Å². The number of hydrogen-bond acceptors (Lipinski definition) is 3. The van der Waals surface area contributed by atoms with E-state index in [0.29, 0.717) is 6.54 Å². The van der Waals surface area contributed by atoms with E-state index in [9.17, 15) is 4.79 Å². The fraction of sp³-hybridized carbons (Fsp3) is 0.444. The van der Waals surface area contributed by atoms with Gasteiger partial charge >= 0.3 is 0 Å². The maximum atomic E-state index is 12.6. The summed E-state index contributed by atoms with van der Waals surface area (Å²) in [4.78, 5) is 16.9. The number of benzene rings is 1. The molecule has 1 aromatic carbocycles. The summed E-state index contributed by atoms with van der Waals surface area (Å²) in [5.41, 5.74) is 1.76. The summed E-state index contributed by atoms with van der Waals surface area (Å²) in [6.07, 6.45) is 6.22. The zero-order chi connectivity index (χ0) is 16.4. The molecule has 0 radical (unpaired) electrons. The molecule has 5 heteroatoms. The highest BCUT2D eigenvalue weighted by Gasteiger charge is 2.51. The Hall–Kier alpha value is -2.30. The van der Waals surface area contributed by atoms with E-state index in [2.05, 4.69) is 10.3 Å². The Kier molecular flexibility index (Phi) is 4.11. The van der Waals surface area contributed by atoms with E-state index in [-0.39, 0.29) is 11.3 Å². The summed E-state index contributed by atoms with van der Waals surface area (Å²) in [5, 5.41) is 3.07. The van der Waals surface area contributed by atoms with Gasteiger partial charge in [0.1, 0.15) is 11.6 Å². The van der Waals surface area contributed by atoms with Crippen LogP contribution in [0.2, 0.25) is 0 Å². The summed E-state index contributed by atoms with van der Waals surface area (Å²) in [7, 11) is 3.63. The molecular formula is C18H23N3O2. The van der Waals surface area contributed by atoms with Crippen molar-refractivity contribution < 1.29 is 9.53 Å². The Balaban J connectivity index is 1.66. The van der Waals surface area contributed by atoms with E-state index in [0.717, 1.165) is 42.0 Å². The Morgan fingerprint density at radius 2 is 2.22 bits per heavy atom. The molecule has 1 amide bonds. The molecule has 3 rings (SSSR count). The van der Waals surface area contributed by atoms with Gasteiger partial charge in [0.15, 0.2) is 0 Å². The van der Waals surface area contributed by atoms with Crippen molar-refractivity contribution in [1.29, 1.82) is 0 Å². The molecule has 0 saturated heterocycles. The molecule has 5 nitrogen and oxygen atoms in total. The molecular weight excluding hydrogens is 290 g/mol. The molecule has 1 aliphatic carbocycles. The Bertz CT molecular complexity index is 717. The van der Waals surface area contributed by atoms with Crippen molar-refractivity contribution in [2.24, 2.45) is 7.05 Å². The first-order valence-corrected chi connectivity index (χ1v) is 7.96. The third-order valence-corrected chi connectivity index (χ3v) is 4.70. The standard InChI is InChI=1S/C18H23N3O2/c1-13-4-5-14(12-15(13)23-3)18(7-8-18)17(22)20-9-6-16-19-10-11-21(16)2/h4-5,10-12H,6-9H2,1-3H3,(H,20,22). The fourth-order valence-corrected chi connectivity index (χ4v) is 2.98. The Labute approximate surface area is 136 Å². The maximum Gasteiger partial charge on any atom is 0.230 e. The summed E-state index contributed by atoms with van der Waals surface area (Å²) in [6.45, 7) is 2.61. The van der Waals surface area contributed by atoms with Crippen LogP contribution in [0.25, 0.3) is 0 Å². The number of methoxy groups -OCH3 is 1. The number of nitrogens with zero attached hydrogens (tertiary/aromatic N) is 2. The van der Waals surface area contributed by atoms with Crippen LogP contribution >= 0.6 is 0 Å². The summed E-state index contributed by atoms with van der Waals surface area (Å²) in [6, 6.07) is 6.07. The van der Waals surface area contributed by atoms with Gasteiger partial charge in [-0.25, -0.2) is 4.98 Å². The predicted octanol–water partition coefficient (Wildman–Crippen LogP) is 2.13. The van der Waals surface area contributed by atoms with Crippen LogP contribution in [-0.2, 0) is 23.7 Å². The fourth-order valence-electron chi connectivity index (χ4n) is 2.98. The number of nitrogens with one attached hydrogen (secondary N) is 1. The number of rotatable bonds is 6. The van der Waals surface area contributed by atoms with Gasteiger partial charge in [0.25, 0.3) is 0 Å². The van der Waals surface area contributed by atoms with Crippen molar-refractivity contribution in [2.45, 2.75) is 31.6 Å². The van der Waals surface area contributed by atoms with Crippen LogP contribution in [0.5, 0.6) is 5.75 Å². The lowest BCUT2D eigenvalue weighted by atomic mass is 9.93. The molecule has 23 heavy (non-hydrogen) atoms. The number of carbonyl (C=O) groups excluding carboxylic acids is 1. The van der Waals surface area contributed by atoms with Gasteiger partial charge in [-0.15, -0.1) is 0 Å². The van der Waals surface area contributed by atoms with Gasteiger partial charge in [0, 0.05) is 32.4 Å². The van der Waals surface area contributed by atoms with E-state index in [1.165, 1.54) is 0 Å². The van der Waals surface area contributed by atoms with Gasteiger partial charge in [-0.05, 0) is 37.0 Å². The summed E-state index contributed by atoms with van der Waals surface area (Å²) >= 11 is 0.